The van der Waals surface area contributed by atoms with Crippen molar-refractivity contribution in [2.24, 2.45) is 0 Å². The van der Waals surface area contributed by atoms with E-state index >= 15 is 0 Å². The highest BCUT2D eigenvalue weighted by molar-refractivity contribution is 6.39. The smallest absolute Gasteiger partial charge is 0.313 e. The first-order valence-corrected chi connectivity index (χ1v) is 6.84. The molecule has 1 aromatic carbocycles. The van der Waals surface area contributed by atoms with Crippen LogP contribution in [0.25, 0.3) is 0 Å². The first-order chi connectivity index (χ1) is 9.51. The number of hydrogen-bond acceptors (Lipinski definition) is 3. The number of nitrogens with one attached hydrogen (secondary N) is 2. The van der Waals surface area contributed by atoms with Gasteiger partial charge in [0.2, 0.25) is 0 Å². The van der Waals surface area contributed by atoms with Crippen molar-refractivity contribution < 1.29 is 14.7 Å². The van der Waals surface area contributed by atoms with Gasteiger partial charge in [-0.1, -0.05) is 19.9 Å². The number of aryl methyl sites for hydroxylation is 2. The molecule has 0 aliphatic carbocycles. The molecule has 110 valence electrons. The van der Waals surface area contributed by atoms with Gasteiger partial charge in [-0.15, -0.1) is 0 Å². The third-order valence-electron chi connectivity index (χ3n) is 3.24. The Labute approximate surface area is 119 Å². The Kier molecular flexibility index (Phi) is 6.18. The highest BCUT2D eigenvalue weighted by Gasteiger charge is 2.17. The van der Waals surface area contributed by atoms with Crippen molar-refractivity contribution >= 4 is 17.5 Å². The van der Waals surface area contributed by atoms with Crippen LogP contribution in [0.2, 0.25) is 0 Å². The molecule has 5 nitrogen and oxygen atoms in total. The summed E-state index contributed by atoms with van der Waals surface area (Å²) in [5, 5.41) is 14.0. The third-order valence-corrected chi connectivity index (χ3v) is 3.24. The number of carbonyl (C=O) groups is 2. The maximum atomic E-state index is 11.8. The molecule has 1 aromatic rings. The van der Waals surface area contributed by atoms with Gasteiger partial charge in [0.25, 0.3) is 0 Å². The summed E-state index contributed by atoms with van der Waals surface area (Å²) in [6, 6.07) is 5.15. The van der Waals surface area contributed by atoms with Gasteiger partial charge in [0.1, 0.15) is 0 Å². The number of anilines is 1. The van der Waals surface area contributed by atoms with Crippen molar-refractivity contribution in [3.63, 3.8) is 0 Å². The molecule has 0 spiro atoms. The maximum absolute atomic E-state index is 11.8. The third kappa shape index (κ3) is 4.35. The van der Waals surface area contributed by atoms with E-state index in [4.69, 9.17) is 5.11 Å². The Balaban J connectivity index is 2.68. The average Bonchev–Trinajstić information content (AvgIpc) is 2.46. The van der Waals surface area contributed by atoms with E-state index in [9.17, 15) is 9.59 Å². The number of aliphatic hydroxyl groups excluding tert-OH is 1. The molecule has 0 heterocycles. The highest BCUT2D eigenvalue weighted by Crippen LogP contribution is 2.15. The summed E-state index contributed by atoms with van der Waals surface area (Å²) in [6.45, 7) is 5.69. The largest absolute Gasteiger partial charge is 0.394 e. The monoisotopic (exact) mass is 278 g/mol. The van der Waals surface area contributed by atoms with Gasteiger partial charge in [0, 0.05) is 5.69 Å². The summed E-state index contributed by atoms with van der Waals surface area (Å²) in [5.74, 6) is -1.45. The van der Waals surface area contributed by atoms with Crippen LogP contribution in [0.15, 0.2) is 18.2 Å². The highest BCUT2D eigenvalue weighted by atomic mass is 16.3. The molecule has 0 saturated carbocycles. The zero-order valence-electron chi connectivity index (χ0n) is 12.2. The number of benzene rings is 1. The molecule has 2 amide bonds. The Bertz CT molecular complexity index is 482. The van der Waals surface area contributed by atoms with Crippen LogP contribution in [0.3, 0.4) is 0 Å². The van der Waals surface area contributed by atoms with Gasteiger partial charge in [-0.2, -0.15) is 0 Å². The predicted octanol–water partition coefficient (Wildman–Crippen LogP) is 1.38. The van der Waals surface area contributed by atoms with Crippen molar-refractivity contribution in [1.29, 1.82) is 0 Å². The molecule has 0 aromatic heterocycles. The van der Waals surface area contributed by atoms with Crippen LogP contribution in [0.4, 0.5) is 5.69 Å². The first kappa shape index (κ1) is 16.2. The van der Waals surface area contributed by atoms with Gasteiger partial charge in [-0.25, -0.2) is 0 Å². The topological polar surface area (TPSA) is 78.4 Å². The molecule has 1 unspecified atom stereocenters. The lowest BCUT2D eigenvalue weighted by atomic mass is 10.1. The second-order valence-corrected chi connectivity index (χ2v) is 4.71. The summed E-state index contributed by atoms with van der Waals surface area (Å²) < 4.78 is 0. The van der Waals surface area contributed by atoms with Gasteiger partial charge in [0.05, 0.1) is 12.6 Å². The van der Waals surface area contributed by atoms with E-state index < -0.39 is 17.9 Å². The van der Waals surface area contributed by atoms with Crippen molar-refractivity contribution in [3.8, 4) is 0 Å². The molecule has 5 heteroatoms. The normalized spacial score (nSPS) is 11.8. The predicted molar refractivity (Wildman–Crippen MR) is 78.5 cm³/mol. The van der Waals surface area contributed by atoms with Crippen molar-refractivity contribution in [1.82, 2.24) is 5.32 Å². The van der Waals surface area contributed by atoms with E-state index in [1.165, 1.54) is 0 Å². The molecule has 0 aliphatic heterocycles. The van der Waals surface area contributed by atoms with E-state index in [-0.39, 0.29) is 6.61 Å². The first-order valence-electron chi connectivity index (χ1n) is 6.84. The fourth-order valence-electron chi connectivity index (χ4n) is 1.85. The summed E-state index contributed by atoms with van der Waals surface area (Å²) in [4.78, 5) is 23.4. The molecule has 1 rings (SSSR count). The lowest BCUT2D eigenvalue weighted by Gasteiger charge is -2.14. The van der Waals surface area contributed by atoms with Gasteiger partial charge in [0.15, 0.2) is 0 Å². The fourth-order valence-corrected chi connectivity index (χ4v) is 1.85. The lowest BCUT2D eigenvalue weighted by molar-refractivity contribution is -0.136. The Morgan fingerprint density at radius 1 is 1.25 bits per heavy atom. The number of hydrogen-bond donors (Lipinski definition) is 3. The average molecular weight is 278 g/mol. The SMILES string of the molecule is CCc1cc(NC(=O)C(=O)NC(CC)CO)ccc1C. The van der Waals surface area contributed by atoms with Crippen LogP contribution in [0.1, 0.15) is 31.4 Å². The number of aliphatic hydroxyl groups is 1. The molecule has 0 aliphatic rings. The molecule has 1 atom stereocenters. The van der Waals surface area contributed by atoms with E-state index in [0.29, 0.717) is 12.1 Å². The molecule has 0 saturated heterocycles. The quantitative estimate of drug-likeness (QED) is 0.712. The van der Waals surface area contributed by atoms with E-state index in [1.807, 2.05) is 32.9 Å². The van der Waals surface area contributed by atoms with Crippen LogP contribution < -0.4 is 10.6 Å². The molecule has 0 fully saturated rings. The maximum Gasteiger partial charge on any atom is 0.313 e. The summed E-state index contributed by atoms with van der Waals surface area (Å²) >= 11 is 0. The van der Waals surface area contributed by atoms with Crippen molar-refractivity contribution in [2.75, 3.05) is 11.9 Å². The second kappa shape index (κ2) is 7.65. The fraction of sp³-hybridized carbons (Fsp3) is 0.467. The minimum absolute atomic E-state index is 0.181. The Morgan fingerprint density at radius 2 is 1.95 bits per heavy atom. The number of rotatable bonds is 5. The van der Waals surface area contributed by atoms with Crippen molar-refractivity contribution in [3.05, 3.63) is 29.3 Å². The van der Waals surface area contributed by atoms with Crippen LogP contribution in [0, 0.1) is 6.92 Å². The van der Waals surface area contributed by atoms with E-state index in [1.54, 1.807) is 6.07 Å². The molecule has 0 radical (unpaired) electrons. The molecular formula is C15H22N2O3. The van der Waals surface area contributed by atoms with Crippen LogP contribution >= 0.6 is 0 Å². The Morgan fingerprint density at radius 3 is 2.50 bits per heavy atom. The standard InChI is InChI=1S/C15H22N2O3/c1-4-11-8-13(7-6-10(11)3)17-15(20)14(19)16-12(5-2)9-18/h6-8,12,18H,4-5,9H2,1-3H3,(H,16,19)(H,17,20). The van der Waals surface area contributed by atoms with E-state index in [2.05, 4.69) is 10.6 Å². The number of amides is 2. The molecule has 0 bridgehead atoms. The van der Waals surface area contributed by atoms with Crippen LogP contribution in [-0.4, -0.2) is 29.6 Å². The summed E-state index contributed by atoms with van der Waals surface area (Å²) in [5.41, 5.74) is 2.89. The van der Waals surface area contributed by atoms with Gasteiger partial charge >= 0.3 is 11.8 Å². The van der Waals surface area contributed by atoms with Crippen molar-refractivity contribution in [2.45, 2.75) is 39.7 Å². The van der Waals surface area contributed by atoms with Gasteiger partial charge in [-0.05, 0) is 43.0 Å². The zero-order valence-corrected chi connectivity index (χ0v) is 12.2. The molecule has 3 N–H and O–H groups in total. The van der Waals surface area contributed by atoms with Gasteiger partial charge in [-0.3, -0.25) is 9.59 Å². The zero-order chi connectivity index (χ0) is 15.1. The molecule has 20 heavy (non-hydrogen) atoms. The molecular weight excluding hydrogens is 256 g/mol. The second-order valence-electron chi connectivity index (χ2n) is 4.71. The Hall–Kier alpha value is -1.88. The minimum Gasteiger partial charge on any atom is -0.394 e. The summed E-state index contributed by atoms with van der Waals surface area (Å²) in [7, 11) is 0. The van der Waals surface area contributed by atoms with Crippen LogP contribution in [0.5, 0.6) is 0 Å². The van der Waals surface area contributed by atoms with Gasteiger partial charge < -0.3 is 15.7 Å². The van der Waals surface area contributed by atoms with Crippen LogP contribution in [-0.2, 0) is 16.0 Å². The van der Waals surface area contributed by atoms with E-state index in [0.717, 1.165) is 17.5 Å². The lowest BCUT2D eigenvalue weighted by Crippen LogP contribution is -2.43. The minimum atomic E-state index is -0.732. The number of carbonyl (C=O) groups excluding carboxylic acids is 2. The summed E-state index contributed by atoms with van der Waals surface area (Å²) in [6.07, 6.45) is 1.43.